The van der Waals surface area contributed by atoms with Crippen molar-refractivity contribution >= 4 is 53.1 Å². The van der Waals surface area contributed by atoms with Crippen LogP contribution in [0.15, 0.2) is 56.4 Å². The standard InChI is InChI=1S/C14H16N4O9S3/c15-9-1-3-12(11(16)7-9)17-18-13-4-2-10(8-14(13)29(21,22)23)28(19,20)6-5-27-30(24,25)26/h1-4,7-8H,5-6,15-16H2,(H,21,22,23)(H,24,25,26)/b18-17+. The molecule has 0 spiro atoms. The minimum absolute atomic E-state index is 0.143. The Morgan fingerprint density at radius 1 is 0.867 bits per heavy atom. The van der Waals surface area contributed by atoms with E-state index >= 15 is 0 Å². The number of azo groups is 1. The minimum atomic E-state index is -4.92. The molecule has 0 aliphatic rings. The average Bonchev–Trinajstić information content (AvgIpc) is 2.58. The Morgan fingerprint density at radius 3 is 2.03 bits per heavy atom. The van der Waals surface area contributed by atoms with E-state index in [0.29, 0.717) is 11.8 Å². The highest BCUT2D eigenvalue weighted by Gasteiger charge is 2.23. The number of hydrogen-bond acceptors (Lipinski definition) is 11. The summed E-state index contributed by atoms with van der Waals surface area (Å²) in [4.78, 5) is -1.43. The van der Waals surface area contributed by atoms with E-state index in [0.717, 1.165) is 12.1 Å². The van der Waals surface area contributed by atoms with E-state index in [9.17, 15) is 29.8 Å². The second-order valence-corrected chi connectivity index (χ2v) is 10.3. The van der Waals surface area contributed by atoms with Crippen LogP contribution in [0.4, 0.5) is 22.7 Å². The molecule has 0 aliphatic carbocycles. The maximum absolute atomic E-state index is 12.2. The summed E-state index contributed by atoms with van der Waals surface area (Å²) in [6.07, 6.45) is 0. The third kappa shape index (κ3) is 6.44. The number of nitrogen functional groups attached to an aromatic ring is 2. The maximum Gasteiger partial charge on any atom is 0.397 e. The van der Waals surface area contributed by atoms with E-state index in [4.69, 9.17) is 16.0 Å². The molecule has 2 rings (SSSR count). The molecule has 6 N–H and O–H groups in total. The Balaban J connectivity index is 2.41. The third-order valence-corrected chi connectivity index (χ3v) is 6.49. The lowest BCUT2D eigenvalue weighted by atomic mass is 10.2. The van der Waals surface area contributed by atoms with Gasteiger partial charge in [0.05, 0.1) is 22.9 Å². The van der Waals surface area contributed by atoms with Crippen molar-refractivity contribution in [2.75, 3.05) is 23.8 Å². The summed E-state index contributed by atoms with van der Waals surface area (Å²) in [7, 11) is -14.0. The summed E-state index contributed by atoms with van der Waals surface area (Å²) >= 11 is 0. The largest absolute Gasteiger partial charge is 0.399 e. The lowest BCUT2D eigenvalue weighted by Gasteiger charge is -2.08. The summed E-state index contributed by atoms with van der Waals surface area (Å²) in [5.74, 6) is -0.902. The fourth-order valence-electron chi connectivity index (χ4n) is 2.12. The molecule has 0 unspecified atom stereocenters. The fourth-order valence-corrected chi connectivity index (χ4v) is 4.35. The zero-order chi connectivity index (χ0) is 22.7. The van der Waals surface area contributed by atoms with E-state index < -0.39 is 52.5 Å². The molecule has 0 amide bonds. The van der Waals surface area contributed by atoms with Gasteiger partial charge in [0.1, 0.15) is 16.3 Å². The van der Waals surface area contributed by atoms with Crippen LogP contribution in [0.1, 0.15) is 0 Å². The quantitative estimate of drug-likeness (QED) is 0.237. The topological polar surface area (TPSA) is 229 Å². The summed E-state index contributed by atoms with van der Waals surface area (Å²) < 4.78 is 90.7. The molecule has 164 valence electrons. The van der Waals surface area contributed by atoms with E-state index in [-0.39, 0.29) is 17.1 Å². The molecule has 0 fully saturated rings. The first-order chi connectivity index (χ1) is 13.7. The van der Waals surface area contributed by atoms with Crippen LogP contribution in [0.5, 0.6) is 0 Å². The molecular formula is C14H16N4O9S3. The van der Waals surface area contributed by atoms with Crippen LogP contribution in [0.2, 0.25) is 0 Å². The van der Waals surface area contributed by atoms with Gasteiger partial charge in [0.25, 0.3) is 10.1 Å². The van der Waals surface area contributed by atoms with E-state index in [1.807, 2.05) is 0 Å². The lowest BCUT2D eigenvalue weighted by molar-refractivity contribution is 0.284. The van der Waals surface area contributed by atoms with Crippen molar-refractivity contribution in [2.45, 2.75) is 9.79 Å². The highest BCUT2D eigenvalue weighted by atomic mass is 32.3. The Bertz CT molecular complexity index is 1300. The van der Waals surface area contributed by atoms with Crippen molar-refractivity contribution in [2.24, 2.45) is 10.2 Å². The Kier molecular flexibility index (Phi) is 6.80. The molecule has 0 aromatic heterocycles. The molecule has 16 heteroatoms. The number of anilines is 2. The van der Waals surface area contributed by atoms with Gasteiger partial charge in [-0.05, 0) is 36.4 Å². The highest BCUT2D eigenvalue weighted by Crippen LogP contribution is 2.31. The van der Waals surface area contributed by atoms with Gasteiger partial charge in [-0.3, -0.25) is 9.11 Å². The van der Waals surface area contributed by atoms with Crippen LogP contribution in [0, 0.1) is 0 Å². The van der Waals surface area contributed by atoms with Gasteiger partial charge in [-0.15, -0.1) is 10.2 Å². The van der Waals surface area contributed by atoms with Crippen LogP contribution >= 0.6 is 0 Å². The van der Waals surface area contributed by atoms with Crippen molar-refractivity contribution in [1.29, 1.82) is 0 Å². The van der Waals surface area contributed by atoms with Gasteiger partial charge in [-0.1, -0.05) is 0 Å². The minimum Gasteiger partial charge on any atom is -0.399 e. The molecule has 0 atom stereocenters. The van der Waals surface area contributed by atoms with Crippen molar-refractivity contribution in [1.82, 2.24) is 0 Å². The van der Waals surface area contributed by atoms with Gasteiger partial charge in [0, 0.05) is 5.69 Å². The van der Waals surface area contributed by atoms with Gasteiger partial charge in [-0.25, -0.2) is 12.6 Å². The molecule has 13 nitrogen and oxygen atoms in total. The zero-order valence-corrected chi connectivity index (χ0v) is 17.4. The first kappa shape index (κ1) is 23.6. The van der Waals surface area contributed by atoms with Crippen LogP contribution in [-0.4, -0.2) is 46.7 Å². The third-order valence-electron chi connectivity index (χ3n) is 3.47. The summed E-state index contributed by atoms with van der Waals surface area (Å²) in [5.41, 5.74) is 11.5. The second kappa shape index (κ2) is 8.62. The molecule has 0 aliphatic heterocycles. The van der Waals surface area contributed by atoms with Crippen molar-refractivity contribution < 1.29 is 38.5 Å². The van der Waals surface area contributed by atoms with Crippen molar-refractivity contribution in [3.63, 3.8) is 0 Å². The number of nitrogens with zero attached hydrogens (tertiary/aromatic N) is 2. The molecule has 0 saturated carbocycles. The fraction of sp³-hybridized carbons (Fsp3) is 0.143. The molecule has 0 bridgehead atoms. The van der Waals surface area contributed by atoms with Gasteiger partial charge >= 0.3 is 10.4 Å². The van der Waals surface area contributed by atoms with Gasteiger partial charge in [-0.2, -0.15) is 16.8 Å². The average molecular weight is 481 g/mol. The molecule has 0 radical (unpaired) electrons. The molecule has 0 heterocycles. The second-order valence-electron chi connectivity index (χ2n) is 5.69. The predicted molar refractivity (Wildman–Crippen MR) is 105 cm³/mol. The van der Waals surface area contributed by atoms with Crippen molar-refractivity contribution in [3.8, 4) is 0 Å². The van der Waals surface area contributed by atoms with Gasteiger partial charge in [0.15, 0.2) is 9.84 Å². The first-order valence-corrected chi connectivity index (χ1v) is 12.2. The summed E-state index contributed by atoms with van der Waals surface area (Å²) in [6.45, 7) is -0.916. The smallest absolute Gasteiger partial charge is 0.397 e. The van der Waals surface area contributed by atoms with Crippen LogP contribution in [-0.2, 0) is 34.5 Å². The molecule has 2 aromatic carbocycles. The number of rotatable bonds is 8. The van der Waals surface area contributed by atoms with Crippen LogP contribution in [0.3, 0.4) is 0 Å². The Hall–Kier alpha value is -2.63. The highest BCUT2D eigenvalue weighted by molar-refractivity contribution is 7.91. The molecule has 0 saturated heterocycles. The summed E-state index contributed by atoms with van der Waals surface area (Å²) in [6, 6.07) is 6.84. The van der Waals surface area contributed by atoms with E-state index in [1.165, 1.54) is 18.2 Å². The van der Waals surface area contributed by atoms with Crippen molar-refractivity contribution in [3.05, 3.63) is 36.4 Å². The Morgan fingerprint density at radius 2 is 1.47 bits per heavy atom. The Labute approximate surface area is 172 Å². The van der Waals surface area contributed by atoms with E-state index in [1.54, 1.807) is 0 Å². The molecule has 2 aromatic rings. The number of sulfone groups is 1. The lowest BCUT2D eigenvalue weighted by Crippen LogP contribution is -2.16. The normalized spacial score (nSPS) is 13.0. The van der Waals surface area contributed by atoms with Crippen LogP contribution < -0.4 is 11.5 Å². The van der Waals surface area contributed by atoms with E-state index in [2.05, 4.69) is 14.4 Å². The zero-order valence-electron chi connectivity index (χ0n) is 14.9. The SMILES string of the molecule is Nc1ccc(/N=N/c2ccc(S(=O)(=O)CCOS(=O)(=O)O)cc2S(=O)(=O)O)c(N)c1. The van der Waals surface area contributed by atoms with Gasteiger partial charge in [0.2, 0.25) is 0 Å². The molecule has 30 heavy (non-hydrogen) atoms. The number of nitrogens with two attached hydrogens (primary N) is 2. The number of hydrogen-bond donors (Lipinski definition) is 4. The number of benzene rings is 2. The first-order valence-electron chi connectivity index (χ1n) is 7.72. The summed E-state index contributed by atoms with van der Waals surface area (Å²) in [5, 5.41) is 7.45. The van der Waals surface area contributed by atoms with Crippen LogP contribution in [0.25, 0.3) is 0 Å². The van der Waals surface area contributed by atoms with Gasteiger partial charge < -0.3 is 11.5 Å². The molecular weight excluding hydrogens is 464 g/mol. The monoisotopic (exact) mass is 480 g/mol. The predicted octanol–water partition coefficient (Wildman–Crippen LogP) is 1.11. The maximum atomic E-state index is 12.2.